The molecule has 23 heavy (non-hydrogen) atoms. The van der Waals surface area contributed by atoms with Gasteiger partial charge in [0.1, 0.15) is 6.61 Å². The van der Waals surface area contributed by atoms with Gasteiger partial charge in [0.15, 0.2) is 0 Å². The van der Waals surface area contributed by atoms with Crippen LogP contribution < -0.4 is 10.1 Å². The lowest BCUT2D eigenvalue weighted by atomic mass is 10.3. The normalized spacial score (nSPS) is 21.9. The van der Waals surface area contributed by atoms with Crippen molar-refractivity contribution >= 4 is 5.91 Å². The zero-order chi connectivity index (χ0) is 16.9. The first-order valence-electron chi connectivity index (χ1n) is 6.50. The van der Waals surface area contributed by atoms with Crippen molar-refractivity contribution in [1.29, 1.82) is 0 Å². The molecule has 9 nitrogen and oxygen atoms in total. The molecule has 1 aliphatic rings. The molecule has 0 saturated carbocycles. The smallest absolute Gasteiger partial charge is 0.447 e. The van der Waals surface area contributed by atoms with Crippen LogP contribution >= 0.6 is 0 Å². The number of nitrogens with one attached hydrogen (secondary N) is 1. The van der Waals surface area contributed by atoms with E-state index >= 15 is 0 Å². The molecule has 0 unspecified atom stereocenters. The molecule has 0 aliphatic carbocycles. The number of nitrogens with zero attached hydrogens (tertiary/aromatic N) is 2. The lowest BCUT2D eigenvalue weighted by Crippen LogP contribution is -2.44. The van der Waals surface area contributed by atoms with Crippen LogP contribution in [0, 0.1) is 0 Å². The van der Waals surface area contributed by atoms with Crippen LogP contribution in [-0.2, 0) is 19.0 Å². The van der Waals surface area contributed by atoms with Gasteiger partial charge in [0.2, 0.25) is 12.2 Å². The third kappa shape index (κ3) is 6.00. The van der Waals surface area contributed by atoms with Crippen LogP contribution in [0.15, 0.2) is 4.42 Å². The van der Waals surface area contributed by atoms with Gasteiger partial charge in [-0.05, 0) is 0 Å². The first-order chi connectivity index (χ1) is 10.8. The van der Waals surface area contributed by atoms with Gasteiger partial charge in [-0.3, -0.25) is 9.53 Å². The number of carbonyl (C=O) groups is 1. The van der Waals surface area contributed by atoms with Crippen molar-refractivity contribution in [2.75, 3.05) is 26.4 Å². The maximum absolute atomic E-state index is 11.8. The highest BCUT2D eigenvalue weighted by Gasteiger charge is 2.30. The fraction of sp³-hybridized carbons (Fsp3) is 0.727. The number of ether oxygens (including phenoxy) is 4. The molecule has 130 valence electrons. The van der Waals surface area contributed by atoms with Crippen LogP contribution in [-0.4, -0.2) is 54.9 Å². The van der Waals surface area contributed by atoms with Crippen LogP contribution in [0.2, 0.25) is 0 Å². The number of aromatic nitrogens is 2. The van der Waals surface area contributed by atoms with Crippen LogP contribution in [0.5, 0.6) is 6.08 Å². The molecular formula is C11H14F3N3O6. The summed E-state index contributed by atoms with van der Waals surface area (Å²) in [6.45, 7) is 0.606. The number of amides is 1. The number of rotatable bonds is 6. The molecule has 2 heterocycles. The van der Waals surface area contributed by atoms with E-state index in [4.69, 9.17) is 18.6 Å². The summed E-state index contributed by atoms with van der Waals surface area (Å²) < 4.78 is 59.2. The second kappa shape index (κ2) is 7.57. The molecule has 0 radical (unpaired) electrons. The van der Waals surface area contributed by atoms with Crippen LogP contribution in [0.1, 0.15) is 19.1 Å². The van der Waals surface area contributed by atoms with Crippen molar-refractivity contribution in [3.05, 3.63) is 5.89 Å². The molecule has 1 amide bonds. The van der Waals surface area contributed by atoms with Crippen LogP contribution in [0.25, 0.3) is 0 Å². The van der Waals surface area contributed by atoms with Crippen molar-refractivity contribution < 1.29 is 41.3 Å². The lowest BCUT2D eigenvalue weighted by molar-refractivity contribution is -0.325. The topological polar surface area (TPSA) is 105 Å². The number of halogens is 3. The molecule has 1 aromatic rings. The van der Waals surface area contributed by atoms with E-state index in [2.05, 4.69) is 20.3 Å². The average Bonchev–Trinajstić information content (AvgIpc) is 2.92. The summed E-state index contributed by atoms with van der Waals surface area (Å²) in [6, 6.07) is -0.290. The minimum atomic E-state index is -4.72. The molecular weight excluding hydrogens is 327 g/mol. The van der Waals surface area contributed by atoms with E-state index in [9.17, 15) is 18.0 Å². The third-order valence-corrected chi connectivity index (χ3v) is 2.50. The number of hydrogen-bond acceptors (Lipinski definition) is 8. The van der Waals surface area contributed by atoms with E-state index in [0.717, 1.165) is 0 Å². The fourth-order valence-electron chi connectivity index (χ4n) is 1.68. The second-order valence-electron chi connectivity index (χ2n) is 4.44. The summed E-state index contributed by atoms with van der Waals surface area (Å²) in [5.41, 5.74) is 0. The van der Waals surface area contributed by atoms with Crippen molar-refractivity contribution in [2.45, 2.75) is 25.6 Å². The van der Waals surface area contributed by atoms with Gasteiger partial charge >= 0.3 is 12.4 Å². The third-order valence-electron chi connectivity index (χ3n) is 2.50. The molecule has 0 atom stereocenters. The van der Waals surface area contributed by atoms with Crippen molar-refractivity contribution in [1.82, 2.24) is 15.5 Å². The van der Waals surface area contributed by atoms with Gasteiger partial charge < -0.3 is 23.9 Å². The molecule has 1 saturated heterocycles. The van der Waals surface area contributed by atoms with Crippen molar-refractivity contribution in [2.24, 2.45) is 0 Å². The van der Waals surface area contributed by atoms with E-state index < -0.39 is 25.9 Å². The summed E-state index contributed by atoms with van der Waals surface area (Å²) in [4.78, 5) is 10.9. The highest BCUT2D eigenvalue weighted by atomic mass is 19.4. The molecule has 1 fully saturated rings. The van der Waals surface area contributed by atoms with E-state index in [1.54, 1.807) is 0 Å². The first-order valence-corrected chi connectivity index (χ1v) is 6.50. The van der Waals surface area contributed by atoms with Crippen LogP contribution in [0.3, 0.4) is 0 Å². The molecule has 2 rings (SSSR count). The molecule has 0 spiro atoms. The number of alkyl halides is 3. The van der Waals surface area contributed by atoms with E-state index in [1.807, 2.05) is 0 Å². The Morgan fingerprint density at radius 2 is 2.00 bits per heavy atom. The monoisotopic (exact) mass is 341 g/mol. The van der Waals surface area contributed by atoms with Crippen LogP contribution in [0.4, 0.5) is 13.2 Å². The van der Waals surface area contributed by atoms with Gasteiger partial charge in [0.25, 0.3) is 5.89 Å². The fourth-order valence-corrected chi connectivity index (χ4v) is 1.68. The van der Waals surface area contributed by atoms with Crippen molar-refractivity contribution in [3.63, 3.8) is 0 Å². The maximum Gasteiger partial charge on any atom is 0.522 e. The Morgan fingerprint density at radius 1 is 1.30 bits per heavy atom. The average molecular weight is 341 g/mol. The Hall–Kier alpha value is -1.92. The molecule has 1 aliphatic heterocycles. The molecule has 1 aromatic heterocycles. The molecule has 0 bridgehead atoms. The predicted molar refractivity (Wildman–Crippen MR) is 64.0 cm³/mol. The minimum absolute atomic E-state index is 0.0435. The molecule has 1 N–H and O–H groups in total. The maximum atomic E-state index is 11.8. The summed E-state index contributed by atoms with van der Waals surface area (Å²) in [7, 11) is 0. The van der Waals surface area contributed by atoms with Gasteiger partial charge in [0, 0.05) is 6.92 Å². The number of hydrogen-bond donors (Lipinski definition) is 1. The summed E-state index contributed by atoms with van der Waals surface area (Å²) in [5, 5.41) is 9.72. The first kappa shape index (κ1) is 17.4. The Kier molecular flexibility index (Phi) is 5.74. The predicted octanol–water partition coefficient (Wildman–Crippen LogP) is 0.535. The van der Waals surface area contributed by atoms with Gasteiger partial charge in [-0.25, -0.2) is 0 Å². The highest BCUT2D eigenvalue weighted by molar-refractivity contribution is 5.73. The van der Waals surface area contributed by atoms with Gasteiger partial charge in [-0.15, -0.1) is 18.3 Å². The Bertz CT molecular complexity index is 515. The van der Waals surface area contributed by atoms with E-state index in [1.165, 1.54) is 6.92 Å². The van der Waals surface area contributed by atoms with E-state index in [-0.39, 0.29) is 37.1 Å². The second-order valence-corrected chi connectivity index (χ2v) is 4.44. The zero-order valence-corrected chi connectivity index (χ0v) is 12.0. The lowest BCUT2D eigenvalue weighted by Gasteiger charge is -2.27. The SMILES string of the molecule is CC(=O)NC1COC(c2nnc(OCCOC(F)(F)F)o2)OC1. The largest absolute Gasteiger partial charge is 0.522 e. The zero-order valence-electron chi connectivity index (χ0n) is 12.0. The molecule has 0 aromatic carbocycles. The molecule has 12 heteroatoms. The van der Waals surface area contributed by atoms with Gasteiger partial charge in [-0.2, -0.15) is 0 Å². The Morgan fingerprint density at radius 3 is 2.61 bits per heavy atom. The quantitative estimate of drug-likeness (QED) is 0.747. The standard InChI is InChI=1S/C11H14F3N3O6/c1-6(18)15-7-4-20-9(21-5-7)8-16-17-10(23-8)19-2-3-22-11(12,13)14/h7,9H,2-5H2,1H3,(H,15,18). The summed E-state index contributed by atoms with van der Waals surface area (Å²) >= 11 is 0. The Balaban J connectivity index is 1.73. The summed E-state index contributed by atoms with van der Waals surface area (Å²) in [6.07, 6.45) is -5.99. The van der Waals surface area contributed by atoms with Gasteiger partial charge in [0.05, 0.1) is 25.9 Å². The highest BCUT2D eigenvalue weighted by Crippen LogP contribution is 2.24. The van der Waals surface area contributed by atoms with Crippen molar-refractivity contribution in [3.8, 4) is 6.08 Å². The number of carbonyl (C=O) groups excluding carboxylic acids is 1. The van der Waals surface area contributed by atoms with Gasteiger partial charge in [-0.1, -0.05) is 5.10 Å². The summed E-state index contributed by atoms with van der Waals surface area (Å²) in [5.74, 6) is -0.256. The Labute approximate surface area is 128 Å². The minimum Gasteiger partial charge on any atom is -0.447 e. The van der Waals surface area contributed by atoms with E-state index in [0.29, 0.717) is 0 Å².